The number of benzene rings is 1. The van der Waals surface area contributed by atoms with Crippen LogP contribution in [0.5, 0.6) is 17.2 Å². The molecule has 1 aromatic rings. The average molecular weight is 578 g/mol. The summed E-state index contributed by atoms with van der Waals surface area (Å²) in [5.74, 6) is 1.00. The van der Waals surface area contributed by atoms with E-state index in [4.69, 9.17) is 41.2 Å². The van der Waals surface area contributed by atoms with Crippen LogP contribution in [0, 0.1) is 0 Å². The van der Waals surface area contributed by atoms with Gasteiger partial charge in [-0.25, -0.2) is 19.3 Å². The first-order valence-electron chi connectivity index (χ1n) is 12.1. The first-order valence-corrected chi connectivity index (χ1v) is 13.5. The Morgan fingerprint density at radius 2 is 1.64 bits per heavy atom. The Kier molecular flexibility index (Phi) is 12.7. The van der Waals surface area contributed by atoms with E-state index < -0.39 is 34.6 Å². The van der Waals surface area contributed by atoms with E-state index in [1.54, 1.807) is 26.2 Å². The van der Waals surface area contributed by atoms with E-state index in [0.717, 1.165) is 29.7 Å². The van der Waals surface area contributed by atoms with Crippen LogP contribution in [-0.4, -0.2) is 112 Å². The van der Waals surface area contributed by atoms with Crippen molar-refractivity contribution in [1.29, 1.82) is 0 Å². The van der Waals surface area contributed by atoms with Crippen molar-refractivity contribution in [1.82, 2.24) is 15.1 Å². The first kappa shape index (κ1) is 32.0. The minimum atomic E-state index is -4.67. The van der Waals surface area contributed by atoms with Crippen molar-refractivity contribution in [3.8, 4) is 17.2 Å². The van der Waals surface area contributed by atoms with Gasteiger partial charge in [0.1, 0.15) is 0 Å². The smallest absolute Gasteiger partial charge is 0.425 e. The number of carbonyl (C=O) groups excluding carboxylic acids is 3. The number of hydrogen-bond acceptors (Lipinski definition) is 11. The van der Waals surface area contributed by atoms with Crippen LogP contribution in [0.3, 0.4) is 0 Å². The van der Waals surface area contributed by atoms with Gasteiger partial charge in [-0.15, -0.1) is 0 Å². The fourth-order valence-corrected chi connectivity index (χ4v) is 3.81. The van der Waals surface area contributed by atoms with E-state index in [9.17, 15) is 14.4 Å². The van der Waals surface area contributed by atoms with Crippen LogP contribution in [0.25, 0.3) is 0 Å². The summed E-state index contributed by atoms with van der Waals surface area (Å²) in [6, 6.07) is 3.32. The number of esters is 1. The van der Waals surface area contributed by atoms with Crippen LogP contribution in [-0.2, 0) is 31.1 Å². The second-order valence-corrected chi connectivity index (χ2v) is 9.33. The number of unbranched alkanes of at least 4 members (excludes halogenated alkanes) is 2. The second kappa shape index (κ2) is 15.4. The van der Waals surface area contributed by atoms with Crippen molar-refractivity contribution in [3.05, 3.63) is 17.7 Å². The summed E-state index contributed by atoms with van der Waals surface area (Å²) in [6.45, 7) is 2.66. The number of carbonyl (C=O) groups is 3. The Balaban J connectivity index is 0.000000976. The van der Waals surface area contributed by atoms with Crippen molar-refractivity contribution < 1.29 is 55.6 Å². The predicted octanol–water partition coefficient (Wildman–Crippen LogP) is 1.16. The van der Waals surface area contributed by atoms with Crippen LogP contribution in [0.2, 0.25) is 0 Å². The van der Waals surface area contributed by atoms with Gasteiger partial charge in [-0.2, -0.15) is 8.42 Å². The molecule has 3 amide bonds. The lowest BCUT2D eigenvalue weighted by atomic mass is 10.0. The number of ether oxygens (including phenoxy) is 5. The van der Waals surface area contributed by atoms with Gasteiger partial charge in [0.05, 0.1) is 27.9 Å². The van der Waals surface area contributed by atoms with Gasteiger partial charge in [0.15, 0.2) is 17.6 Å². The molecule has 1 unspecified atom stereocenters. The topological polar surface area (TPSA) is 194 Å². The Hall–Kier alpha value is -3.18. The normalized spacial score (nSPS) is 16.3. The Morgan fingerprint density at radius 3 is 2.18 bits per heavy atom. The van der Waals surface area contributed by atoms with Crippen LogP contribution < -0.4 is 19.5 Å². The largest absolute Gasteiger partial charge is 0.493 e. The molecule has 0 radical (unpaired) electrons. The zero-order valence-electron chi connectivity index (χ0n) is 22.1. The Bertz CT molecular complexity index is 1080. The van der Waals surface area contributed by atoms with E-state index in [2.05, 4.69) is 5.32 Å². The molecule has 15 nitrogen and oxygen atoms in total. The summed E-state index contributed by atoms with van der Waals surface area (Å²) in [4.78, 5) is 40.0. The van der Waals surface area contributed by atoms with Gasteiger partial charge in [-0.05, 0) is 30.9 Å². The van der Waals surface area contributed by atoms with Crippen LogP contribution in [0.1, 0.15) is 24.8 Å². The van der Waals surface area contributed by atoms with Gasteiger partial charge < -0.3 is 33.9 Å². The van der Waals surface area contributed by atoms with E-state index in [1.165, 1.54) is 0 Å². The third-order valence-electron chi connectivity index (χ3n) is 5.74. The van der Waals surface area contributed by atoms with Gasteiger partial charge in [0, 0.05) is 32.7 Å². The third-order valence-corrected chi connectivity index (χ3v) is 5.74. The maximum atomic E-state index is 12.9. The van der Waals surface area contributed by atoms with Crippen molar-refractivity contribution in [3.63, 3.8) is 0 Å². The number of methoxy groups -OCH3 is 3. The summed E-state index contributed by atoms with van der Waals surface area (Å²) >= 11 is 0. The first-order chi connectivity index (χ1) is 18.5. The maximum Gasteiger partial charge on any atom is 0.425 e. The zero-order valence-corrected chi connectivity index (χ0v) is 22.9. The van der Waals surface area contributed by atoms with Crippen molar-refractivity contribution in [2.24, 2.45) is 0 Å². The molecule has 0 saturated carbocycles. The number of epoxide rings is 1. The third kappa shape index (κ3) is 10.8. The molecular weight excluding hydrogens is 542 g/mol. The van der Waals surface area contributed by atoms with Crippen LogP contribution >= 0.6 is 0 Å². The molecule has 16 heteroatoms. The molecule has 1 atom stereocenters. The number of rotatable bonds is 10. The summed E-state index contributed by atoms with van der Waals surface area (Å²) in [7, 11) is 0.0496. The minimum Gasteiger partial charge on any atom is -0.493 e. The van der Waals surface area contributed by atoms with Gasteiger partial charge in [-0.3, -0.25) is 9.11 Å². The number of aryl methyl sites for hydroxylation is 1. The van der Waals surface area contributed by atoms with Gasteiger partial charge in [0.2, 0.25) is 5.75 Å². The number of nitrogens with zero attached hydrogens (tertiary/aromatic N) is 2. The molecule has 2 fully saturated rings. The highest BCUT2D eigenvalue weighted by Gasteiger charge is 2.37. The minimum absolute atomic E-state index is 0.156. The second-order valence-electron chi connectivity index (χ2n) is 8.43. The fourth-order valence-electron chi connectivity index (χ4n) is 3.81. The molecule has 0 aliphatic carbocycles. The molecular formula is C23H35N3O12S. The van der Waals surface area contributed by atoms with Crippen molar-refractivity contribution in [2.45, 2.75) is 31.8 Å². The molecule has 1 aromatic carbocycles. The number of hydrogen-bond donors (Lipinski definition) is 3. The number of amides is 3. The Morgan fingerprint density at radius 1 is 1.03 bits per heavy atom. The molecule has 0 aromatic heterocycles. The SMILES string of the molecule is COc1ccc(CCCCCN(C(=O)OC(=O)C2CO2)C(=O)N2CCNCC2)c(OC)c1OC.O=S(=O)(O)O. The summed E-state index contributed by atoms with van der Waals surface area (Å²) in [5, 5.41) is 3.17. The van der Waals surface area contributed by atoms with Crippen molar-refractivity contribution >= 4 is 28.5 Å². The standard InChI is InChI=1S/C23H33N3O8.H2O4S/c1-30-17-9-8-16(19(31-2)20(17)32-3)7-5-4-6-12-26(22(28)25-13-10-24-11-14-25)23(29)34-21(27)18-15-33-18;1-5(2,3)4/h8-9,18,24H,4-7,10-15H2,1-3H3;(H2,1,2,3,4). The number of piperazine rings is 1. The molecule has 3 rings (SSSR count). The lowest BCUT2D eigenvalue weighted by molar-refractivity contribution is -0.139. The highest BCUT2D eigenvalue weighted by molar-refractivity contribution is 7.79. The van der Waals surface area contributed by atoms with E-state index in [1.807, 2.05) is 12.1 Å². The quantitative estimate of drug-likeness (QED) is 0.118. The maximum absolute atomic E-state index is 12.9. The highest BCUT2D eigenvalue weighted by atomic mass is 32.3. The number of urea groups is 1. The molecule has 2 aliphatic heterocycles. The molecule has 220 valence electrons. The fraction of sp³-hybridized carbons (Fsp3) is 0.609. The summed E-state index contributed by atoms with van der Waals surface area (Å²) < 4.78 is 57.6. The van der Waals surface area contributed by atoms with Crippen LogP contribution in [0.15, 0.2) is 12.1 Å². The highest BCUT2D eigenvalue weighted by Crippen LogP contribution is 2.40. The number of imide groups is 1. The van der Waals surface area contributed by atoms with E-state index in [-0.39, 0.29) is 13.2 Å². The molecule has 2 heterocycles. The Labute approximate surface area is 226 Å². The molecule has 39 heavy (non-hydrogen) atoms. The molecule has 3 N–H and O–H groups in total. The van der Waals surface area contributed by atoms with Crippen molar-refractivity contribution in [2.75, 3.05) is 60.7 Å². The van der Waals surface area contributed by atoms with E-state index in [0.29, 0.717) is 49.8 Å². The lowest BCUT2D eigenvalue weighted by Crippen LogP contribution is -2.53. The molecule has 2 aliphatic rings. The predicted molar refractivity (Wildman–Crippen MR) is 136 cm³/mol. The lowest BCUT2D eigenvalue weighted by Gasteiger charge is -2.31. The summed E-state index contributed by atoms with van der Waals surface area (Å²) in [5.41, 5.74) is 0.975. The van der Waals surface area contributed by atoms with Gasteiger partial charge in [-0.1, -0.05) is 12.5 Å². The summed E-state index contributed by atoms with van der Waals surface area (Å²) in [6.07, 6.45) is 1.16. The van der Waals surface area contributed by atoms with Crippen LogP contribution in [0.4, 0.5) is 9.59 Å². The number of nitrogens with one attached hydrogen (secondary N) is 1. The van der Waals surface area contributed by atoms with Gasteiger partial charge >= 0.3 is 28.5 Å². The molecule has 0 bridgehead atoms. The van der Waals surface area contributed by atoms with Gasteiger partial charge in [0.25, 0.3) is 0 Å². The monoisotopic (exact) mass is 577 g/mol. The van der Waals surface area contributed by atoms with E-state index >= 15 is 0 Å². The zero-order chi connectivity index (χ0) is 29.0. The molecule has 0 spiro atoms. The molecule has 2 saturated heterocycles. The average Bonchev–Trinajstić information content (AvgIpc) is 3.75.